The van der Waals surface area contributed by atoms with Gasteiger partial charge in [0.2, 0.25) is 11.8 Å². The highest BCUT2D eigenvalue weighted by atomic mass is 16.4. The molecule has 136 valence electrons. The van der Waals surface area contributed by atoms with Gasteiger partial charge >= 0.3 is 0 Å². The summed E-state index contributed by atoms with van der Waals surface area (Å²) in [5, 5.41) is 11.7. The minimum absolute atomic E-state index is 0.262. The summed E-state index contributed by atoms with van der Waals surface area (Å²) in [6, 6.07) is 13.5. The van der Waals surface area contributed by atoms with Crippen molar-refractivity contribution in [3.63, 3.8) is 0 Å². The third-order valence-electron chi connectivity index (χ3n) is 4.43. The summed E-state index contributed by atoms with van der Waals surface area (Å²) in [6.45, 7) is 5.65. The molecule has 0 radical (unpaired) electrons. The number of fused-ring (bicyclic) bond motifs is 1. The zero-order valence-electron chi connectivity index (χ0n) is 15.4. The Kier molecular flexibility index (Phi) is 4.24. The van der Waals surface area contributed by atoms with E-state index in [0.29, 0.717) is 29.6 Å². The predicted molar refractivity (Wildman–Crippen MR) is 102 cm³/mol. The Morgan fingerprint density at radius 3 is 2.48 bits per heavy atom. The van der Waals surface area contributed by atoms with Gasteiger partial charge in [0.25, 0.3) is 5.91 Å². The van der Waals surface area contributed by atoms with E-state index in [0.717, 1.165) is 27.7 Å². The molecule has 2 aromatic heterocycles. The van der Waals surface area contributed by atoms with E-state index < -0.39 is 0 Å². The third kappa shape index (κ3) is 3.46. The summed E-state index contributed by atoms with van der Waals surface area (Å²) in [5.41, 5.74) is 4.37. The second-order valence-electron chi connectivity index (χ2n) is 6.60. The summed E-state index contributed by atoms with van der Waals surface area (Å²) >= 11 is 0. The van der Waals surface area contributed by atoms with Crippen molar-refractivity contribution in [3.8, 4) is 0 Å². The Balaban J connectivity index is 1.50. The fourth-order valence-corrected chi connectivity index (χ4v) is 3.03. The van der Waals surface area contributed by atoms with Gasteiger partial charge < -0.3 is 14.2 Å². The number of benzene rings is 2. The number of aryl methyl sites for hydroxylation is 3. The van der Waals surface area contributed by atoms with Gasteiger partial charge in [-0.1, -0.05) is 24.3 Å². The molecule has 1 N–H and O–H groups in total. The van der Waals surface area contributed by atoms with Crippen LogP contribution in [0.2, 0.25) is 0 Å². The van der Waals surface area contributed by atoms with Crippen LogP contribution < -0.4 is 5.32 Å². The SMILES string of the molecule is Cc1ccc2c(C)c(C(=O)Nc3ccc(Cc4nnc(C)o4)cc3)oc2c1. The normalized spacial score (nSPS) is 11.1. The first-order chi connectivity index (χ1) is 13.0. The maximum Gasteiger partial charge on any atom is 0.291 e. The highest BCUT2D eigenvalue weighted by molar-refractivity contribution is 6.06. The molecular formula is C21H19N3O3. The molecule has 2 heterocycles. The Labute approximate surface area is 156 Å². The van der Waals surface area contributed by atoms with Crippen LogP contribution in [0.25, 0.3) is 11.0 Å². The maximum absolute atomic E-state index is 12.6. The zero-order valence-corrected chi connectivity index (χ0v) is 15.4. The number of hydrogen-bond acceptors (Lipinski definition) is 5. The molecule has 0 aliphatic rings. The van der Waals surface area contributed by atoms with E-state index >= 15 is 0 Å². The molecule has 27 heavy (non-hydrogen) atoms. The van der Waals surface area contributed by atoms with Crippen LogP contribution in [-0.2, 0) is 6.42 Å². The van der Waals surface area contributed by atoms with Crippen molar-refractivity contribution in [2.45, 2.75) is 27.2 Å². The summed E-state index contributed by atoms with van der Waals surface area (Å²) in [4.78, 5) is 12.6. The van der Waals surface area contributed by atoms with E-state index in [1.165, 1.54) is 0 Å². The second-order valence-corrected chi connectivity index (χ2v) is 6.60. The standard InChI is InChI=1S/C21H19N3O3/c1-12-4-9-17-13(2)20(27-18(17)10-12)21(25)22-16-7-5-15(6-8-16)11-19-24-23-14(3)26-19/h4-10H,11H2,1-3H3,(H,22,25). The molecule has 4 aromatic rings. The summed E-state index contributed by atoms with van der Waals surface area (Å²) in [7, 11) is 0. The number of rotatable bonds is 4. The average molecular weight is 361 g/mol. The van der Waals surface area contributed by atoms with Crippen molar-refractivity contribution in [3.05, 3.63) is 76.7 Å². The van der Waals surface area contributed by atoms with Crippen LogP contribution in [0.15, 0.2) is 51.3 Å². The lowest BCUT2D eigenvalue weighted by atomic mass is 10.1. The Hall–Kier alpha value is -3.41. The first-order valence-electron chi connectivity index (χ1n) is 8.68. The third-order valence-corrected chi connectivity index (χ3v) is 4.43. The molecule has 0 aliphatic heterocycles. The van der Waals surface area contributed by atoms with Crippen molar-refractivity contribution >= 4 is 22.6 Å². The van der Waals surface area contributed by atoms with Crippen molar-refractivity contribution in [2.24, 2.45) is 0 Å². The molecule has 0 spiro atoms. The van der Waals surface area contributed by atoms with Gasteiger partial charge in [-0.05, 0) is 43.2 Å². The molecule has 0 bridgehead atoms. The van der Waals surface area contributed by atoms with Crippen LogP contribution in [0, 0.1) is 20.8 Å². The number of amides is 1. The van der Waals surface area contributed by atoms with Gasteiger partial charge in [0.1, 0.15) is 5.58 Å². The Bertz CT molecular complexity index is 1120. The molecule has 0 fully saturated rings. The summed E-state index contributed by atoms with van der Waals surface area (Å²) in [6.07, 6.45) is 0.553. The van der Waals surface area contributed by atoms with E-state index in [1.807, 2.05) is 56.3 Å². The van der Waals surface area contributed by atoms with Gasteiger partial charge in [0, 0.05) is 23.6 Å². The van der Waals surface area contributed by atoms with Crippen molar-refractivity contribution < 1.29 is 13.6 Å². The van der Waals surface area contributed by atoms with E-state index in [-0.39, 0.29) is 5.91 Å². The lowest BCUT2D eigenvalue weighted by Gasteiger charge is -2.05. The highest BCUT2D eigenvalue weighted by Gasteiger charge is 2.18. The lowest BCUT2D eigenvalue weighted by Crippen LogP contribution is -2.12. The van der Waals surface area contributed by atoms with Gasteiger partial charge in [-0.3, -0.25) is 4.79 Å². The predicted octanol–water partition coefficient (Wildman–Crippen LogP) is 4.58. The number of hydrogen-bond donors (Lipinski definition) is 1. The second kappa shape index (κ2) is 6.72. The molecule has 6 heteroatoms. The Morgan fingerprint density at radius 2 is 1.78 bits per heavy atom. The average Bonchev–Trinajstić information content (AvgIpc) is 3.19. The van der Waals surface area contributed by atoms with Crippen molar-refractivity contribution in [1.82, 2.24) is 10.2 Å². The van der Waals surface area contributed by atoms with Gasteiger partial charge in [0.15, 0.2) is 5.76 Å². The van der Waals surface area contributed by atoms with E-state index in [9.17, 15) is 4.79 Å². The number of nitrogens with one attached hydrogen (secondary N) is 1. The van der Waals surface area contributed by atoms with E-state index in [2.05, 4.69) is 15.5 Å². The molecule has 0 unspecified atom stereocenters. The molecule has 0 saturated carbocycles. The first-order valence-corrected chi connectivity index (χ1v) is 8.68. The minimum Gasteiger partial charge on any atom is -0.451 e. The number of carbonyl (C=O) groups excluding carboxylic acids is 1. The molecule has 4 rings (SSSR count). The lowest BCUT2D eigenvalue weighted by molar-refractivity contribution is 0.0998. The van der Waals surface area contributed by atoms with Crippen LogP contribution in [-0.4, -0.2) is 16.1 Å². The smallest absolute Gasteiger partial charge is 0.291 e. The van der Waals surface area contributed by atoms with E-state index in [4.69, 9.17) is 8.83 Å². The molecular weight excluding hydrogens is 342 g/mol. The minimum atomic E-state index is -0.262. The van der Waals surface area contributed by atoms with Gasteiger partial charge in [-0.2, -0.15) is 0 Å². The quantitative estimate of drug-likeness (QED) is 0.575. The number of anilines is 1. The molecule has 2 aromatic carbocycles. The van der Waals surface area contributed by atoms with Crippen LogP contribution in [0.4, 0.5) is 5.69 Å². The molecule has 6 nitrogen and oxygen atoms in total. The van der Waals surface area contributed by atoms with Gasteiger partial charge in [-0.15, -0.1) is 10.2 Å². The summed E-state index contributed by atoms with van der Waals surface area (Å²) < 4.78 is 11.2. The number of furan rings is 1. The molecule has 0 saturated heterocycles. The molecule has 0 aliphatic carbocycles. The van der Waals surface area contributed by atoms with Crippen LogP contribution in [0.3, 0.4) is 0 Å². The fourth-order valence-electron chi connectivity index (χ4n) is 3.03. The van der Waals surface area contributed by atoms with Crippen LogP contribution in [0.5, 0.6) is 0 Å². The van der Waals surface area contributed by atoms with Gasteiger partial charge in [0.05, 0.1) is 6.42 Å². The fraction of sp³-hybridized carbons (Fsp3) is 0.190. The topological polar surface area (TPSA) is 81.2 Å². The molecule has 0 atom stereocenters. The first kappa shape index (κ1) is 17.0. The van der Waals surface area contributed by atoms with Gasteiger partial charge in [-0.25, -0.2) is 0 Å². The highest BCUT2D eigenvalue weighted by Crippen LogP contribution is 2.27. The molecule has 1 amide bonds. The largest absolute Gasteiger partial charge is 0.451 e. The Morgan fingerprint density at radius 1 is 1.00 bits per heavy atom. The van der Waals surface area contributed by atoms with E-state index in [1.54, 1.807) is 6.92 Å². The summed E-state index contributed by atoms with van der Waals surface area (Å²) in [5.74, 6) is 1.19. The van der Waals surface area contributed by atoms with Crippen LogP contribution >= 0.6 is 0 Å². The maximum atomic E-state index is 12.6. The monoisotopic (exact) mass is 361 g/mol. The van der Waals surface area contributed by atoms with Crippen LogP contribution in [0.1, 0.15) is 39.0 Å². The number of aromatic nitrogens is 2. The van der Waals surface area contributed by atoms with Crippen molar-refractivity contribution in [2.75, 3.05) is 5.32 Å². The number of nitrogens with zero attached hydrogens (tertiary/aromatic N) is 2. The number of carbonyl (C=O) groups is 1. The zero-order chi connectivity index (χ0) is 19.0. The van der Waals surface area contributed by atoms with Crippen molar-refractivity contribution in [1.29, 1.82) is 0 Å².